The molecule has 0 amide bonds. The third-order valence-corrected chi connectivity index (χ3v) is 14.7. The first-order valence-electron chi connectivity index (χ1n) is 19.4. The van der Waals surface area contributed by atoms with Crippen LogP contribution in [-0.4, -0.2) is 12.5 Å². The lowest BCUT2D eigenvalue weighted by Gasteiger charge is -2.29. The van der Waals surface area contributed by atoms with E-state index in [1.54, 1.807) is 0 Å². The minimum absolute atomic E-state index is 1.14. The second kappa shape index (κ2) is 13.4. The maximum Gasteiger partial charge on any atom is 0.00219 e. The van der Waals surface area contributed by atoms with Crippen LogP contribution in [0.2, 0.25) is 0 Å². The Balaban J connectivity index is 1.26. The lowest BCUT2D eigenvalue weighted by atomic mass is 9.84. The van der Waals surface area contributed by atoms with Gasteiger partial charge in [0.15, 0.2) is 0 Å². The Hall–Kier alpha value is -6.41. The summed E-state index contributed by atoms with van der Waals surface area (Å²) in [6.45, 7) is 6.19. The Bertz CT molecular complexity index is 3080. The Labute approximate surface area is 331 Å². The first kappa shape index (κ1) is 34.1. The fourth-order valence-electron chi connectivity index (χ4n) is 9.05. The van der Waals surface area contributed by atoms with Gasteiger partial charge in [-0.15, -0.1) is 0 Å². The molecule has 0 aromatic heterocycles. The molecule has 0 nitrogen and oxygen atoms in total. The standard InChI is InChI=1S/C55H42S/c1-5-15-37-26-28-42(30-36(37)6-2)40-18-13-20-44(32-40)54-47-23-9-10-24-48(47)55(45-21-14-19-41(33-45)43-29-27-38-16-7-8-17-39(38)31-43)51-35-53-49(34-50(51)54)46-22-11-12-25-52(46)56(53,3)4/h5-35H,2H2,1,3-4H3/b15-5-. The van der Waals surface area contributed by atoms with Gasteiger partial charge in [0, 0.05) is 9.79 Å². The molecule has 268 valence electrons. The Morgan fingerprint density at radius 1 is 0.411 bits per heavy atom. The predicted molar refractivity (Wildman–Crippen MR) is 247 cm³/mol. The van der Waals surface area contributed by atoms with Crippen LogP contribution < -0.4 is 0 Å². The fourth-order valence-corrected chi connectivity index (χ4v) is 11.6. The van der Waals surface area contributed by atoms with Gasteiger partial charge in [-0.05, 0) is 161 Å². The van der Waals surface area contributed by atoms with Gasteiger partial charge in [0.05, 0.1) is 0 Å². The van der Waals surface area contributed by atoms with Crippen molar-refractivity contribution in [2.24, 2.45) is 0 Å². The summed E-state index contributed by atoms with van der Waals surface area (Å²) in [5, 5.41) is 7.63. The number of allylic oxidation sites excluding steroid dienone is 1. The molecule has 0 saturated carbocycles. The molecule has 9 aromatic carbocycles. The smallest absolute Gasteiger partial charge is 0.00219 e. The average molecular weight is 735 g/mol. The van der Waals surface area contributed by atoms with E-state index in [-0.39, 0.29) is 0 Å². The molecular weight excluding hydrogens is 693 g/mol. The van der Waals surface area contributed by atoms with Crippen LogP contribution in [0.4, 0.5) is 0 Å². The molecule has 9 aromatic rings. The first-order chi connectivity index (χ1) is 27.4. The predicted octanol–water partition coefficient (Wildman–Crippen LogP) is 16.0. The van der Waals surface area contributed by atoms with Gasteiger partial charge >= 0.3 is 0 Å². The van der Waals surface area contributed by atoms with Gasteiger partial charge in [0.2, 0.25) is 0 Å². The third-order valence-electron chi connectivity index (χ3n) is 11.8. The molecule has 0 atom stereocenters. The number of benzene rings is 9. The molecule has 1 aliphatic heterocycles. The van der Waals surface area contributed by atoms with Crippen LogP contribution in [0.25, 0.3) is 100 Å². The van der Waals surface area contributed by atoms with Gasteiger partial charge in [0.1, 0.15) is 0 Å². The Morgan fingerprint density at radius 3 is 1.68 bits per heavy atom. The molecule has 0 aliphatic carbocycles. The molecule has 0 fully saturated rings. The summed E-state index contributed by atoms with van der Waals surface area (Å²) in [7, 11) is -1.23. The van der Waals surface area contributed by atoms with E-state index in [9.17, 15) is 0 Å². The molecule has 1 heterocycles. The van der Waals surface area contributed by atoms with Gasteiger partial charge in [-0.1, -0.05) is 152 Å². The molecular formula is C55H42S. The van der Waals surface area contributed by atoms with E-state index in [0.717, 1.165) is 5.56 Å². The van der Waals surface area contributed by atoms with E-state index in [2.05, 4.69) is 208 Å². The van der Waals surface area contributed by atoms with Crippen molar-refractivity contribution in [3.63, 3.8) is 0 Å². The largest absolute Gasteiger partial charge is 0.192 e. The van der Waals surface area contributed by atoms with Gasteiger partial charge in [0.25, 0.3) is 0 Å². The zero-order valence-electron chi connectivity index (χ0n) is 32.0. The van der Waals surface area contributed by atoms with Crippen LogP contribution in [0.5, 0.6) is 0 Å². The maximum absolute atomic E-state index is 4.13. The van der Waals surface area contributed by atoms with Crippen molar-refractivity contribution in [3.05, 3.63) is 194 Å². The summed E-state index contributed by atoms with van der Waals surface area (Å²) in [6.07, 6.45) is 11.1. The maximum atomic E-state index is 4.13. The van der Waals surface area contributed by atoms with Crippen molar-refractivity contribution in [1.29, 1.82) is 0 Å². The molecule has 56 heavy (non-hydrogen) atoms. The molecule has 10 rings (SSSR count). The molecule has 0 unspecified atom stereocenters. The van der Waals surface area contributed by atoms with Gasteiger partial charge in [-0.25, -0.2) is 0 Å². The minimum Gasteiger partial charge on any atom is -0.192 e. The van der Waals surface area contributed by atoms with E-state index in [1.165, 1.54) is 103 Å². The number of hydrogen-bond donors (Lipinski definition) is 0. The van der Waals surface area contributed by atoms with Gasteiger partial charge < -0.3 is 0 Å². The lowest BCUT2D eigenvalue weighted by molar-refractivity contribution is 1.46. The summed E-state index contributed by atoms with van der Waals surface area (Å²) in [5.74, 6) is 0. The van der Waals surface area contributed by atoms with Gasteiger partial charge in [-0.3, -0.25) is 0 Å². The number of hydrogen-bond acceptors (Lipinski definition) is 0. The van der Waals surface area contributed by atoms with Crippen LogP contribution in [0.3, 0.4) is 0 Å². The minimum atomic E-state index is -1.23. The Morgan fingerprint density at radius 2 is 0.982 bits per heavy atom. The van der Waals surface area contributed by atoms with Crippen molar-refractivity contribution in [2.45, 2.75) is 16.7 Å². The molecule has 1 aliphatic rings. The van der Waals surface area contributed by atoms with Gasteiger partial charge in [-0.2, -0.15) is 10.0 Å². The highest BCUT2D eigenvalue weighted by molar-refractivity contribution is 8.33. The highest BCUT2D eigenvalue weighted by atomic mass is 32.3. The van der Waals surface area contributed by atoms with E-state index in [4.69, 9.17) is 0 Å². The van der Waals surface area contributed by atoms with E-state index >= 15 is 0 Å². The van der Waals surface area contributed by atoms with E-state index in [1.807, 2.05) is 6.08 Å². The highest BCUT2D eigenvalue weighted by Crippen LogP contribution is 2.68. The Kier molecular flexibility index (Phi) is 8.17. The van der Waals surface area contributed by atoms with Crippen molar-refractivity contribution in [3.8, 4) is 55.6 Å². The first-order valence-corrected chi connectivity index (χ1v) is 21.8. The van der Waals surface area contributed by atoms with E-state index in [0.29, 0.717) is 0 Å². The third kappa shape index (κ3) is 5.46. The second-order valence-corrected chi connectivity index (χ2v) is 18.8. The topological polar surface area (TPSA) is 0 Å². The van der Waals surface area contributed by atoms with Crippen LogP contribution in [0, 0.1) is 0 Å². The second-order valence-electron chi connectivity index (χ2n) is 15.3. The summed E-state index contributed by atoms with van der Waals surface area (Å²) >= 11 is 0. The van der Waals surface area contributed by atoms with Crippen molar-refractivity contribution < 1.29 is 0 Å². The van der Waals surface area contributed by atoms with Crippen LogP contribution >= 0.6 is 10.0 Å². The zero-order chi connectivity index (χ0) is 38.0. The van der Waals surface area contributed by atoms with Crippen LogP contribution in [0.1, 0.15) is 18.1 Å². The van der Waals surface area contributed by atoms with Crippen molar-refractivity contribution in [2.75, 3.05) is 12.5 Å². The molecule has 0 bridgehead atoms. The molecule has 0 N–H and O–H groups in total. The molecule has 1 heteroatoms. The number of rotatable bonds is 6. The average Bonchev–Trinajstić information content (AvgIpc) is 3.47. The summed E-state index contributed by atoms with van der Waals surface area (Å²) < 4.78 is 0. The SMILES string of the molecule is C=Cc1cc(-c2cccc(-c3c4ccccc4c(-c4cccc(-c5ccc6ccccc6c5)c4)c4cc5c(cc34)-c3ccccc3S5(C)C)c2)ccc1/C=C\C. The highest BCUT2D eigenvalue weighted by Gasteiger charge is 2.33. The molecule has 0 spiro atoms. The monoisotopic (exact) mass is 734 g/mol. The molecule has 0 saturated heterocycles. The van der Waals surface area contributed by atoms with E-state index < -0.39 is 10.0 Å². The van der Waals surface area contributed by atoms with Crippen molar-refractivity contribution in [1.82, 2.24) is 0 Å². The van der Waals surface area contributed by atoms with Crippen LogP contribution in [0.15, 0.2) is 192 Å². The van der Waals surface area contributed by atoms with Crippen LogP contribution in [-0.2, 0) is 0 Å². The summed E-state index contributed by atoms with van der Waals surface area (Å²) in [5.41, 5.74) is 14.9. The molecule has 0 radical (unpaired) electrons. The lowest BCUT2D eigenvalue weighted by Crippen LogP contribution is -1.95. The number of fused-ring (bicyclic) bond motifs is 6. The zero-order valence-corrected chi connectivity index (χ0v) is 32.8. The fraction of sp³-hybridized carbons (Fsp3) is 0.0545. The quantitative estimate of drug-likeness (QED) is 0.149. The summed E-state index contributed by atoms with van der Waals surface area (Å²) in [6, 6.07) is 63.7. The van der Waals surface area contributed by atoms with Crippen molar-refractivity contribution >= 4 is 54.5 Å². The summed E-state index contributed by atoms with van der Waals surface area (Å²) in [4.78, 5) is 2.93. The normalized spacial score (nSPS) is 13.6.